The molecule has 1 aromatic carbocycles. The van der Waals surface area contributed by atoms with Crippen LogP contribution < -0.4 is 4.74 Å². The zero-order valence-corrected chi connectivity index (χ0v) is 11.0. The molecule has 2 rings (SSSR count). The number of ketones is 1. The van der Waals surface area contributed by atoms with Crippen LogP contribution in [0.1, 0.15) is 37.0 Å². The number of hydrogen-bond acceptors (Lipinski definition) is 3. The molecule has 0 heterocycles. The summed E-state index contributed by atoms with van der Waals surface area (Å²) in [4.78, 5) is 12.4. The van der Waals surface area contributed by atoms with Crippen LogP contribution in [0, 0.1) is 5.92 Å². The largest absolute Gasteiger partial charge is 0.494 e. The Morgan fingerprint density at radius 3 is 2.72 bits per heavy atom. The van der Waals surface area contributed by atoms with Crippen LogP contribution in [0.15, 0.2) is 24.3 Å². The third kappa shape index (κ3) is 3.10. The Hall–Kier alpha value is -1.35. The predicted octanol–water partition coefficient (Wildman–Crippen LogP) is 3.08. The first kappa shape index (κ1) is 13.1. The van der Waals surface area contributed by atoms with E-state index in [1.54, 1.807) is 6.07 Å². The van der Waals surface area contributed by atoms with Crippen molar-refractivity contribution in [1.29, 1.82) is 0 Å². The first-order chi connectivity index (χ1) is 8.76. The minimum atomic E-state index is -0.271. The Labute approximate surface area is 108 Å². The van der Waals surface area contributed by atoms with Crippen LogP contribution in [0.3, 0.4) is 0 Å². The van der Waals surface area contributed by atoms with Gasteiger partial charge in [-0.1, -0.05) is 12.1 Å². The number of carbonyl (C=O) groups excluding carboxylic acids is 1. The molecule has 1 aliphatic carbocycles. The van der Waals surface area contributed by atoms with Gasteiger partial charge in [-0.2, -0.15) is 0 Å². The van der Waals surface area contributed by atoms with Gasteiger partial charge < -0.3 is 9.47 Å². The highest BCUT2D eigenvalue weighted by Crippen LogP contribution is 2.36. The fourth-order valence-electron chi connectivity index (χ4n) is 2.07. The van der Waals surface area contributed by atoms with Crippen molar-refractivity contribution in [2.24, 2.45) is 5.92 Å². The lowest BCUT2D eigenvalue weighted by Crippen LogP contribution is -2.26. The summed E-state index contributed by atoms with van der Waals surface area (Å²) in [6, 6.07) is 7.36. The van der Waals surface area contributed by atoms with Crippen molar-refractivity contribution in [3.05, 3.63) is 29.8 Å². The second-order valence-corrected chi connectivity index (χ2v) is 4.54. The van der Waals surface area contributed by atoms with Crippen molar-refractivity contribution in [1.82, 2.24) is 0 Å². The van der Waals surface area contributed by atoms with Crippen LogP contribution in [0.2, 0.25) is 0 Å². The monoisotopic (exact) mass is 248 g/mol. The summed E-state index contributed by atoms with van der Waals surface area (Å²) in [6.45, 7) is 5.05. The third-order valence-corrected chi connectivity index (χ3v) is 3.08. The molecule has 1 unspecified atom stereocenters. The minimum Gasteiger partial charge on any atom is -0.494 e. The number of carbonyl (C=O) groups is 1. The molecule has 0 amide bonds. The van der Waals surface area contributed by atoms with E-state index in [9.17, 15) is 4.79 Å². The molecule has 0 aliphatic heterocycles. The van der Waals surface area contributed by atoms with E-state index in [0.717, 1.165) is 18.6 Å². The highest BCUT2D eigenvalue weighted by molar-refractivity contribution is 6.00. The van der Waals surface area contributed by atoms with E-state index in [1.165, 1.54) is 0 Å². The Morgan fingerprint density at radius 1 is 1.33 bits per heavy atom. The highest BCUT2D eigenvalue weighted by Gasteiger charge is 2.37. The van der Waals surface area contributed by atoms with Crippen LogP contribution >= 0.6 is 0 Å². The normalized spacial score (nSPS) is 16.3. The van der Waals surface area contributed by atoms with Gasteiger partial charge in [-0.25, -0.2) is 0 Å². The van der Waals surface area contributed by atoms with E-state index in [4.69, 9.17) is 9.47 Å². The molecule has 18 heavy (non-hydrogen) atoms. The molecule has 0 spiro atoms. The molecule has 0 N–H and O–H groups in total. The van der Waals surface area contributed by atoms with Crippen LogP contribution in [0.25, 0.3) is 0 Å². The van der Waals surface area contributed by atoms with Crippen molar-refractivity contribution in [2.75, 3.05) is 13.2 Å². The van der Waals surface area contributed by atoms with Gasteiger partial charge in [0.25, 0.3) is 0 Å². The van der Waals surface area contributed by atoms with Crippen molar-refractivity contribution in [3.63, 3.8) is 0 Å². The number of ether oxygens (including phenoxy) is 2. The second kappa shape index (κ2) is 6.01. The lowest BCUT2D eigenvalue weighted by atomic mass is 10.0. The lowest BCUT2D eigenvalue weighted by molar-refractivity contribution is 0.0374. The Morgan fingerprint density at radius 2 is 2.11 bits per heavy atom. The van der Waals surface area contributed by atoms with Gasteiger partial charge >= 0.3 is 0 Å². The fraction of sp³-hybridized carbons (Fsp3) is 0.533. The van der Waals surface area contributed by atoms with Crippen LogP contribution in [-0.2, 0) is 4.74 Å². The summed E-state index contributed by atoms with van der Waals surface area (Å²) in [5, 5.41) is 0. The summed E-state index contributed by atoms with van der Waals surface area (Å²) >= 11 is 0. The average molecular weight is 248 g/mol. The molecular weight excluding hydrogens is 228 g/mol. The average Bonchev–Trinajstić information content (AvgIpc) is 3.20. The molecule has 3 nitrogen and oxygen atoms in total. The van der Waals surface area contributed by atoms with E-state index < -0.39 is 0 Å². The minimum absolute atomic E-state index is 0.0842. The zero-order chi connectivity index (χ0) is 13.0. The molecular formula is C15H20O3. The third-order valence-electron chi connectivity index (χ3n) is 3.08. The second-order valence-electron chi connectivity index (χ2n) is 4.54. The van der Waals surface area contributed by atoms with Crippen molar-refractivity contribution >= 4 is 5.78 Å². The summed E-state index contributed by atoms with van der Waals surface area (Å²) in [5.74, 6) is 1.24. The molecule has 1 aliphatic rings. The number of Topliss-reactive ketones (excluding diaryl/α,β-unsaturated/α-hetero) is 1. The van der Waals surface area contributed by atoms with Gasteiger partial charge in [0.2, 0.25) is 0 Å². The zero-order valence-electron chi connectivity index (χ0n) is 11.0. The summed E-state index contributed by atoms with van der Waals surface area (Å²) in [7, 11) is 0. The van der Waals surface area contributed by atoms with E-state index in [1.807, 2.05) is 32.0 Å². The molecule has 0 saturated heterocycles. The molecule has 0 radical (unpaired) electrons. The van der Waals surface area contributed by atoms with Crippen LogP contribution in [-0.4, -0.2) is 25.1 Å². The molecule has 1 atom stereocenters. The fourth-order valence-corrected chi connectivity index (χ4v) is 2.07. The maximum absolute atomic E-state index is 12.4. The van der Waals surface area contributed by atoms with Crippen molar-refractivity contribution < 1.29 is 14.3 Å². The topological polar surface area (TPSA) is 35.5 Å². The molecule has 1 aromatic rings. The molecule has 3 heteroatoms. The van der Waals surface area contributed by atoms with Crippen LogP contribution in [0.4, 0.5) is 0 Å². The van der Waals surface area contributed by atoms with Gasteiger partial charge in [0.1, 0.15) is 11.9 Å². The first-order valence-corrected chi connectivity index (χ1v) is 6.65. The number of benzene rings is 1. The number of rotatable bonds is 7. The molecule has 1 saturated carbocycles. The smallest absolute Gasteiger partial charge is 0.191 e. The Balaban J connectivity index is 2.13. The molecule has 0 bridgehead atoms. The van der Waals surface area contributed by atoms with Gasteiger partial charge in [-0.3, -0.25) is 4.79 Å². The highest BCUT2D eigenvalue weighted by atomic mass is 16.5. The molecule has 1 fully saturated rings. The van der Waals surface area contributed by atoms with E-state index in [-0.39, 0.29) is 11.9 Å². The lowest BCUT2D eigenvalue weighted by Gasteiger charge is -2.15. The van der Waals surface area contributed by atoms with Crippen LogP contribution in [0.5, 0.6) is 5.75 Å². The SMILES string of the molecule is CCOc1cccc(C(=O)C(OCC)C2CC2)c1. The van der Waals surface area contributed by atoms with Gasteiger partial charge in [0, 0.05) is 12.2 Å². The maximum atomic E-state index is 12.4. The summed E-state index contributed by atoms with van der Waals surface area (Å²) in [5.41, 5.74) is 0.686. The van der Waals surface area contributed by atoms with Gasteiger partial charge in [-0.05, 0) is 44.7 Å². The Kier molecular flexibility index (Phi) is 4.37. The predicted molar refractivity (Wildman–Crippen MR) is 70.1 cm³/mol. The van der Waals surface area contributed by atoms with Gasteiger partial charge in [0.15, 0.2) is 5.78 Å². The van der Waals surface area contributed by atoms with Gasteiger partial charge in [-0.15, -0.1) is 0 Å². The summed E-state index contributed by atoms with van der Waals surface area (Å²) in [6.07, 6.45) is 1.93. The van der Waals surface area contributed by atoms with E-state index in [0.29, 0.717) is 24.7 Å². The van der Waals surface area contributed by atoms with Crippen molar-refractivity contribution in [2.45, 2.75) is 32.8 Å². The quantitative estimate of drug-likeness (QED) is 0.696. The molecule has 0 aromatic heterocycles. The molecule has 98 valence electrons. The van der Waals surface area contributed by atoms with Crippen molar-refractivity contribution in [3.8, 4) is 5.75 Å². The first-order valence-electron chi connectivity index (χ1n) is 6.65. The van der Waals surface area contributed by atoms with E-state index in [2.05, 4.69) is 0 Å². The van der Waals surface area contributed by atoms with Gasteiger partial charge in [0.05, 0.1) is 6.61 Å². The standard InChI is InChI=1S/C15H20O3/c1-3-17-13-7-5-6-12(10-13)14(16)15(18-4-2)11-8-9-11/h5-7,10-11,15H,3-4,8-9H2,1-2H3. The number of hydrogen-bond donors (Lipinski definition) is 0. The maximum Gasteiger partial charge on any atom is 0.191 e. The Bertz CT molecular complexity index is 410. The summed E-state index contributed by atoms with van der Waals surface area (Å²) < 4.78 is 11.0. The van der Waals surface area contributed by atoms with E-state index >= 15 is 0 Å².